The Morgan fingerprint density at radius 3 is 2.56 bits per heavy atom. The molecule has 0 spiro atoms. The average molecular weight is 301 g/mol. The van der Waals surface area contributed by atoms with Gasteiger partial charge in [-0.15, -0.1) is 0 Å². The molecular weight excluding hydrogens is 288 g/mol. The summed E-state index contributed by atoms with van der Waals surface area (Å²) in [5.74, 6) is 3.07. The van der Waals surface area contributed by atoms with Gasteiger partial charge in [-0.2, -0.15) is 0 Å². The molecule has 2 rings (SSSR count). The highest BCUT2D eigenvalue weighted by Crippen LogP contribution is 2.17. The third-order valence-electron chi connectivity index (χ3n) is 2.48. The predicted octanol–water partition coefficient (Wildman–Crippen LogP) is 3.65. The molecule has 0 saturated heterocycles. The van der Waals surface area contributed by atoms with E-state index in [0.29, 0.717) is 12.1 Å². The van der Waals surface area contributed by atoms with Crippen molar-refractivity contribution >= 4 is 27.3 Å². The Labute approximate surface area is 115 Å². The molecule has 2 aromatic rings. The molecule has 0 unspecified atom stereocenters. The second-order valence-corrected chi connectivity index (χ2v) is 4.64. The second kappa shape index (κ2) is 6.13. The second-order valence-electron chi connectivity index (χ2n) is 3.78. The van der Waals surface area contributed by atoms with Crippen molar-refractivity contribution in [1.29, 1.82) is 0 Å². The van der Waals surface area contributed by atoms with Gasteiger partial charge in [0.05, 0.1) is 11.4 Å². The minimum Gasteiger partial charge on any atom is -0.397 e. The highest BCUT2D eigenvalue weighted by atomic mass is 79.9. The molecule has 0 aliphatic rings. The van der Waals surface area contributed by atoms with Crippen molar-refractivity contribution in [2.45, 2.75) is 6.42 Å². The van der Waals surface area contributed by atoms with Crippen LogP contribution in [0.25, 0.3) is 0 Å². The van der Waals surface area contributed by atoms with Gasteiger partial charge in [0.2, 0.25) is 0 Å². The quantitative estimate of drug-likeness (QED) is 0.505. The van der Waals surface area contributed by atoms with Crippen molar-refractivity contribution in [2.75, 3.05) is 11.1 Å². The molecule has 3 N–H and O–H groups in total. The summed E-state index contributed by atoms with van der Waals surface area (Å²) in [6, 6.07) is 18.5. The smallest absolute Gasteiger partial charge is 0.0689 e. The largest absolute Gasteiger partial charge is 0.397 e. The maximum absolute atomic E-state index is 5.80. The first kappa shape index (κ1) is 12.5. The molecule has 0 aromatic heterocycles. The van der Waals surface area contributed by atoms with Gasteiger partial charge in [0.1, 0.15) is 0 Å². The van der Waals surface area contributed by atoms with Gasteiger partial charge in [0.15, 0.2) is 0 Å². The molecule has 2 nitrogen and oxygen atoms in total. The fourth-order valence-electron chi connectivity index (χ4n) is 1.50. The zero-order chi connectivity index (χ0) is 12.8. The Morgan fingerprint density at radius 1 is 1.06 bits per heavy atom. The monoisotopic (exact) mass is 300 g/mol. The predicted molar refractivity (Wildman–Crippen MR) is 80.1 cm³/mol. The highest BCUT2D eigenvalue weighted by Gasteiger charge is 1.95. The molecule has 0 amide bonds. The first-order valence-corrected chi connectivity index (χ1v) is 6.38. The maximum atomic E-state index is 5.80. The number of para-hydroxylation sites is 2. The molecule has 0 saturated carbocycles. The van der Waals surface area contributed by atoms with Crippen molar-refractivity contribution in [1.82, 2.24) is 0 Å². The number of nitrogens with two attached hydrogens (primary N) is 1. The third-order valence-corrected chi connectivity index (χ3v) is 3.26. The van der Waals surface area contributed by atoms with Crippen LogP contribution < -0.4 is 11.1 Å². The van der Waals surface area contributed by atoms with E-state index in [0.717, 1.165) is 10.2 Å². The average Bonchev–Trinajstić information content (AvgIpc) is 2.38. The SMILES string of the molecule is Nc1ccccc1NC#CCc1ccccc1Br. The molecule has 0 radical (unpaired) electrons. The molecule has 90 valence electrons. The van der Waals surface area contributed by atoms with Gasteiger partial charge in [0.25, 0.3) is 0 Å². The van der Waals surface area contributed by atoms with Crippen molar-refractivity contribution in [3.05, 3.63) is 58.6 Å². The number of nitrogens with one attached hydrogen (secondary N) is 1. The van der Waals surface area contributed by atoms with Crippen LogP contribution in [0, 0.1) is 12.0 Å². The fraction of sp³-hybridized carbons (Fsp3) is 0.0667. The van der Waals surface area contributed by atoms with Crippen LogP contribution in [0.5, 0.6) is 0 Å². The van der Waals surface area contributed by atoms with Crippen LogP contribution in [-0.4, -0.2) is 0 Å². The lowest BCUT2D eigenvalue weighted by Gasteiger charge is -2.01. The van der Waals surface area contributed by atoms with Gasteiger partial charge < -0.3 is 11.1 Å². The summed E-state index contributed by atoms with van der Waals surface area (Å²) in [5, 5.41) is 3.00. The van der Waals surface area contributed by atoms with Crippen molar-refractivity contribution < 1.29 is 0 Å². The Balaban J connectivity index is 1.99. The van der Waals surface area contributed by atoms with E-state index in [1.54, 1.807) is 0 Å². The lowest BCUT2D eigenvalue weighted by atomic mass is 10.2. The number of hydrogen-bond acceptors (Lipinski definition) is 2. The summed E-state index contributed by atoms with van der Waals surface area (Å²) in [6.45, 7) is 0. The molecule has 0 bridgehead atoms. The van der Waals surface area contributed by atoms with E-state index in [-0.39, 0.29) is 0 Å². The molecule has 0 aliphatic heterocycles. The molecule has 0 aliphatic carbocycles. The summed E-state index contributed by atoms with van der Waals surface area (Å²) in [5.41, 5.74) is 8.52. The standard InChI is InChI=1S/C15H13BrN2/c16-13-8-2-1-6-12(13)7-5-11-18-15-10-4-3-9-14(15)17/h1-4,6,8-10,18H,7,17H2. The maximum Gasteiger partial charge on any atom is 0.0689 e. The van der Waals surface area contributed by atoms with Crippen LogP contribution >= 0.6 is 15.9 Å². The zero-order valence-corrected chi connectivity index (χ0v) is 11.4. The van der Waals surface area contributed by atoms with Crippen LogP contribution in [0.1, 0.15) is 5.56 Å². The Hall–Kier alpha value is -1.92. The molecule has 0 heterocycles. The fourth-order valence-corrected chi connectivity index (χ4v) is 1.93. The minimum atomic E-state index is 0.696. The lowest BCUT2D eigenvalue weighted by Crippen LogP contribution is -1.94. The van der Waals surface area contributed by atoms with E-state index in [2.05, 4.69) is 39.3 Å². The van der Waals surface area contributed by atoms with Gasteiger partial charge in [0, 0.05) is 16.9 Å². The van der Waals surface area contributed by atoms with Crippen molar-refractivity contribution in [2.24, 2.45) is 0 Å². The van der Waals surface area contributed by atoms with Crippen molar-refractivity contribution in [3.8, 4) is 12.0 Å². The molecule has 2 aromatic carbocycles. The van der Waals surface area contributed by atoms with Gasteiger partial charge in [-0.05, 0) is 23.8 Å². The van der Waals surface area contributed by atoms with Gasteiger partial charge in [-0.3, -0.25) is 0 Å². The number of rotatable bonds is 2. The number of halogens is 1. The Bertz CT molecular complexity index is 545. The van der Waals surface area contributed by atoms with Crippen molar-refractivity contribution in [3.63, 3.8) is 0 Å². The number of anilines is 2. The summed E-state index contributed by atoms with van der Waals surface area (Å²) < 4.78 is 1.08. The highest BCUT2D eigenvalue weighted by molar-refractivity contribution is 9.10. The first-order valence-electron chi connectivity index (χ1n) is 5.59. The summed E-state index contributed by atoms with van der Waals surface area (Å²) in [7, 11) is 0. The third kappa shape index (κ3) is 3.28. The van der Waals surface area contributed by atoms with Gasteiger partial charge in [-0.25, -0.2) is 0 Å². The Morgan fingerprint density at radius 2 is 1.78 bits per heavy atom. The van der Waals surface area contributed by atoms with E-state index in [9.17, 15) is 0 Å². The van der Waals surface area contributed by atoms with Crippen LogP contribution in [0.15, 0.2) is 53.0 Å². The van der Waals surface area contributed by atoms with Gasteiger partial charge in [-0.1, -0.05) is 52.2 Å². The zero-order valence-electron chi connectivity index (χ0n) is 9.78. The van der Waals surface area contributed by atoms with E-state index in [4.69, 9.17) is 5.73 Å². The molecule has 0 fully saturated rings. The number of benzene rings is 2. The van der Waals surface area contributed by atoms with E-state index in [1.165, 1.54) is 5.56 Å². The lowest BCUT2D eigenvalue weighted by molar-refractivity contribution is 1.29. The van der Waals surface area contributed by atoms with E-state index >= 15 is 0 Å². The summed E-state index contributed by atoms with van der Waals surface area (Å²) >= 11 is 3.50. The molecular formula is C15H13BrN2. The van der Waals surface area contributed by atoms with Crippen LogP contribution in [0.2, 0.25) is 0 Å². The molecule has 0 atom stereocenters. The van der Waals surface area contributed by atoms with Gasteiger partial charge >= 0.3 is 0 Å². The molecule has 3 heteroatoms. The first-order chi connectivity index (χ1) is 8.77. The van der Waals surface area contributed by atoms with Crippen LogP contribution in [0.4, 0.5) is 11.4 Å². The van der Waals surface area contributed by atoms with E-state index < -0.39 is 0 Å². The Kier molecular flexibility index (Phi) is 4.27. The summed E-state index contributed by atoms with van der Waals surface area (Å²) in [4.78, 5) is 0. The molecule has 18 heavy (non-hydrogen) atoms. The summed E-state index contributed by atoms with van der Waals surface area (Å²) in [6.07, 6.45) is 0.696. The number of hydrogen-bond donors (Lipinski definition) is 2. The number of nitrogen functional groups attached to an aromatic ring is 1. The van der Waals surface area contributed by atoms with Crippen LogP contribution in [0.3, 0.4) is 0 Å². The van der Waals surface area contributed by atoms with Crippen LogP contribution in [-0.2, 0) is 6.42 Å². The van der Waals surface area contributed by atoms with E-state index in [1.807, 2.05) is 42.5 Å². The normalized spacial score (nSPS) is 9.39. The minimum absolute atomic E-state index is 0.696. The topological polar surface area (TPSA) is 38.0 Å².